The molecule has 0 unspecified atom stereocenters. The Bertz CT molecular complexity index is 791. The lowest BCUT2D eigenvalue weighted by Gasteiger charge is -2.30. The van der Waals surface area contributed by atoms with E-state index < -0.39 is 24.0 Å². The number of carboxylic acids is 1. The fourth-order valence-corrected chi connectivity index (χ4v) is 2.78. The maximum absolute atomic E-state index is 12.2. The Hall–Kier alpha value is -2.67. The van der Waals surface area contributed by atoms with Gasteiger partial charge in [0, 0.05) is 10.9 Å². The van der Waals surface area contributed by atoms with Gasteiger partial charge < -0.3 is 15.2 Å². The fraction of sp³-hybridized carbons (Fsp3) is 0.211. The molecule has 2 aromatic rings. The molecule has 7 heteroatoms. The molecule has 0 fully saturated rings. The van der Waals surface area contributed by atoms with Gasteiger partial charge in [-0.3, -0.25) is 4.79 Å². The van der Waals surface area contributed by atoms with E-state index in [0.717, 1.165) is 10.0 Å². The summed E-state index contributed by atoms with van der Waals surface area (Å²) in [4.78, 5) is 36.0. The molecule has 0 spiro atoms. The van der Waals surface area contributed by atoms with Crippen LogP contribution >= 0.6 is 15.9 Å². The lowest BCUT2D eigenvalue weighted by molar-refractivity contribution is -0.147. The van der Waals surface area contributed by atoms with Crippen molar-refractivity contribution in [3.63, 3.8) is 0 Å². The molecule has 0 saturated carbocycles. The Morgan fingerprint density at radius 2 is 1.69 bits per heavy atom. The monoisotopic (exact) mass is 419 g/mol. The van der Waals surface area contributed by atoms with Gasteiger partial charge in [-0.1, -0.05) is 58.4 Å². The molecule has 0 aliphatic carbocycles. The van der Waals surface area contributed by atoms with Gasteiger partial charge >= 0.3 is 12.1 Å². The molecule has 0 aromatic heterocycles. The highest BCUT2D eigenvalue weighted by Gasteiger charge is 2.43. The number of amides is 1. The summed E-state index contributed by atoms with van der Waals surface area (Å²) in [5, 5.41) is 12.2. The first-order valence-electron chi connectivity index (χ1n) is 7.81. The van der Waals surface area contributed by atoms with Crippen LogP contribution in [0.25, 0.3) is 0 Å². The molecule has 2 N–H and O–H groups in total. The highest BCUT2D eigenvalue weighted by Crippen LogP contribution is 2.28. The van der Waals surface area contributed by atoms with Crippen LogP contribution in [0.3, 0.4) is 0 Å². The second-order valence-corrected chi connectivity index (χ2v) is 6.70. The Kier molecular flexibility index (Phi) is 6.52. The molecule has 6 nitrogen and oxygen atoms in total. The van der Waals surface area contributed by atoms with Gasteiger partial charge in [0.2, 0.25) is 0 Å². The number of nitrogens with one attached hydrogen (secondary N) is 1. The lowest BCUT2D eigenvalue weighted by atomic mass is 9.85. The quantitative estimate of drug-likeness (QED) is 0.714. The maximum atomic E-state index is 12.2. The van der Waals surface area contributed by atoms with Crippen molar-refractivity contribution in [2.45, 2.75) is 25.5 Å². The van der Waals surface area contributed by atoms with Gasteiger partial charge in [-0.15, -0.1) is 0 Å². The van der Waals surface area contributed by atoms with Crippen LogP contribution in [-0.2, 0) is 26.5 Å². The number of aliphatic carboxylic acids is 1. The number of hydrogen-bond acceptors (Lipinski definition) is 4. The van der Waals surface area contributed by atoms with E-state index in [1.165, 1.54) is 6.92 Å². The standard InChI is InChI=1S/C19H18BrNO5/c1-13(22)11-19(17(23)24,15-7-9-16(20)10-8-15)21-18(25)26-12-14-5-3-2-4-6-14/h2-10H,11-12H2,1H3,(H,21,25)(H,23,24)/t19-/m1/s1. The zero-order chi connectivity index (χ0) is 19.2. The second kappa shape index (κ2) is 8.62. The predicted molar refractivity (Wildman–Crippen MR) is 98.5 cm³/mol. The number of carbonyl (C=O) groups excluding carboxylic acids is 2. The fourth-order valence-electron chi connectivity index (χ4n) is 2.51. The van der Waals surface area contributed by atoms with Crippen molar-refractivity contribution in [2.75, 3.05) is 0 Å². The predicted octanol–water partition coefficient (Wildman–Crippen LogP) is 3.63. The van der Waals surface area contributed by atoms with Gasteiger partial charge in [0.15, 0.2) is 5.54 Å². The van der Waals surface area contributed by atoms with Crippen molar-refractivity contribution in [3.05, 3.63) is 70.2 Å². The topological polar surface area (TPSA) is 92.7 Å². The van der Waals surface area contributed by atoms with Gasteiger partial charge in [-0.05, 0) is 30.2 Å². The number of carboxylic acid groups (broad SMARTS) is 1. The summed E-state index contributed by atoms with van der Waals surface area (Å²) >= 11 is 3.28. The number of halogens is 1. The highest BCUT2D eigenvalue weighted by molar-refractivity contribution is 9.10. The molecular formula is C19H18BrNO5. The van der Waals surface area contributed by atoms with Gasteiger partial charge in [0.25, 0.3) is 0 Å². The van der Waals surface area contributed by atoms with E-state index in [1.807, 2.05) is 6.07 Å². The SMILES string of the molecule is CC(=O)C[C@](NC(=O)OCc1ccccc1)(C(=O)O)c1ccc(Br)cc1. The van der Waals surface area contributed by atoms with Crippen LogP contribution in [0.4, 0.5) is 4.79 Å². The third-order valence-electron chi connectivity index (χ3n) is 3.74. The number of ketones is 1. The van der Waals surface area contributed by atoms with Crippen LogP contribution in [0.15, 0.2) is 59.1 Å². The summed E-state index contributed by atoms with van der Waals surface area (Å²) in [5.74, 6) is -1.72. The van der Waals surface area contributed by atoms with Gasteiger partial charge in [-0.25, -0.2) is 9.59 Å². The van der Waals surface area contributed by atoms with E-state index in [9.17, 15) is 19.5 Å². The number of hydrogen-bond donors (Lipinski definition) is 2. The zero-order valence-electron chi connectivity index (χ0n) is 14.1. The molecule has 1 atom stereocenters. The molecule has 26 heavy (non-hydrogen) atoms. The first kappa shape index (κ1) is 19.7. The molecule has 1 amide bonds. The van der Waals surface area contributed by atoms with E-state index in [0.29, 0.717) is 0 Å². The van der Waals surface area contributed by atoms with Crippen LogP contribution < -0.4 is 5.32 Å². The maximum Gasteiger partial charge on any atom is 0.408 e. The minimum absolute atomic E-state index is 0.0111. The smallest absolute Gasteiger partial charge is 0.408 e. The summed E-state index contributed by atoms with van der Waals surface area (Å²) < 4.78 is 5.87. The Morgan fingerprint density at radius 3 is 2.23 bits per heavy atom. The minimum Gasteiger partial charge on any atom is -0.479 e. The van der Waals surface area contributed by atoms with Crippen LogP contribution in [-0.4, -0.2) is 23.0 Å². The Morgan fingerprint density at radius 1 is 1.08 bits per heavy atom. The first-order valence-corrected chi connectivity index (χ1v) is 8.60. The molecule has 0 radical (unpaired) electrons. The summed E-state index contributed by atoms with van der Waals surface area (Å²) in [6.07, 6.45) is -1.31. The van der Waals surface area contributed by atoms with Crippen molar-refractivity contribution >= 4 is 33.8 Å². The minimum atomic E-state index is -1.90. The molecule has 0 aliphatic rings. The number of Topliss-reactive ketones (excluding diaryl/α,β-unsaturated/α-hetero) is 1. The molecule has 136 valence electrons. The largest absolute Gasteiger partial charge is 0.479 e. The van der Waals surface area contributed by atoms with Gasteiger partial charge in [0.1, 0.15) is 12.4 Å². The summed E-state index contributed by atoms with van der Waals surface area (Å²) in [6, 6.07) is 15.4. The van der Waals surface area contributed by atoms with Crippen molar-refractivity contribution < 1.29 is 24.2 Å². The normalized spacial score (nSPS) is 12.7. The van der Waals surface area contributed by atoms with Crippen LogP contribution in [0.5, 0.6) is 0 Å². The average Bonchev–Trinajstić information content (AvgIpc) is 2.60. The van der Waals surface area contributed by atoms with Gasteiger partial charge in [0.05, 0.1) is 0 Å². The molecule has 0 heterocycles. The second-order valence-electron chi connectivity index (χ2n) is 5.78. The number of rotatable bonds is 7. The number of ether oxygens (including phenoxy) is 1. The zero-order valence-corrected chi connectivity index (χ0v) is 15.7. The lowest BCUT2D eigenvalue weighted by Crippen LogP contribution is -2.53. The molecule has 2 rings (SSSR count). The summed E-state index contributed by atoms with van der Waals surface area (Å²) in [7, 11) is 0. The van der Waals surface area contributed by atoms with Crippen LogP contribution in [0.2, 0.25) is 0 Å². The molecule has 0 aliphatic heterocycles. The third kappa shape index (κ3) is 4.92. The molecule has 0 saturated heterocycles. The highest BCUT2D eigenvalue weighted by atomic mass is 79.9. The van der Waals surface area contributed by atoms with Crippen LogP contribution in [0.1, 0.15) is 24.5 Å². The van der Waals surface area contributed by atoms with E-state index in [4.69, 9.17) is 4.74 Å². The molecule has 2 aromatic carbocycles. The van der Waals surface area contributed by atoms with Gasteiger partial charge in [-0.2, -0.15) is 0 Å². The first-order chi connectivity index (χ1) is 12.3. The number of carbonyl (C=O) groups is 3. The summed E-state index contributed by atoms with van der Waals surface area (Å²) in [6.45, 7) is 1.26. The van der Waals surface area contributed by atoms with Crippen LogP contribution in [0, 0.1) is 0 Å². The Balaban J connectivity index is 2.25. The van der Waals surface area contributed by atoms with Crippen molar-refractivity contribution in [1.29, 1.82) is 0 Å². The van der Waals surface area contributed by atoms with E-state index >= 15 is 0 Å². The summed E-state index contributed by atoms with van der Waals surface area (Å²) in [5.41, 5.74) is -0.862. The molecular weight excluding hydrogens is 402 g/mol. The van der Waals surface area contributed by atoms with Crippen molar-refractivity contribution in [3.8, 4) is 0 Å². The van der Waals surface area contributed by atoms with Crippen molar-refractivity contribution in [2.24, 2.45) is 0 Å². The van der Waals surface area contributed by atoms with Crippen molar-refractivity contribution in [1.82, 2.24) is 5.32 Å². The van der Waals surface area contributed by atoms with E-state index in [-0.39, 0.29) is 18.0 Å². The third-order valence-corrected chi connectivity index (χ3v) is 4.27. The van der Waals surface area contributed by atoms with E-state index in [1.54, 1.807) is 48.5 Å². The number of benzene rings is 2. The van der Waals surface area contributed by atoms with E-state index in [2.05, 4.69) is 21.2 Å². The Labute approximate surface area is 159 Å². The average molecular weight is 420 g/mol. The number of alkyl carbamates (subject to hydrolysis) is 1. The molecule has 0 bridgehead atoms.